The Morgan fingerprint density at radius 1 is 0.569 bits per heavy atom. The average molecular weight is 833 g/mol. The average Bonchev–Trinajstić information content (AvgIpc) is 3.12. The van der Waals surface area contributed by atoms with E-state index in [0.717, 1.165) is 6.42 Å². The van der Waals surface area contributed by atoms with Gasteiger partial charge in [-0.05, 0) is 57.3 Å². The number of aliphatic hydroxyl groups is 3. The fourth-order valence-corrected chi connectivity index (χ4v) is 5.28. The van der Waals surface area contributed by atoms with E-state index in [1.807, 2.05) is 27.7 Å². The van der Waals surface area contributed by atoms with Gasteiger partial charge in [-0.25, -0.2) is 0 Å². The fourth-order valence-electron chi connectivity index (χ4n) is 5.28. The minimum atomic E-state index is -1.66. The van der Waals surface area contributed by atoms with Crippen molar-refractivity contribution in [2.45, 2.75) is 135 Å². The Bertz CT molecular complexity index is 1380. The number of nitrogens with two attached hydrogens (primary N) is 1. The van der Waals surface area contributed by atoms with Gasteiger partial charge in [0.25, 0.3) is 0 Å². The third-order valence-corrected chi connectivity index (χ3v) is 8.46. The molecule has 58 heavy (non-hydrogen) atoms. The molecule has 0 aromatic carbocycles. The van der Waals surface area contributed by atoms with Crippen molar-refractivity contribution in [3.63, 3.8) is 0 Å². The quantitative estimate of drug-likeness (QED) is 0.0310. The lowest BCUT2D eigenvalue weighted by atomic mass is 9.96. The van der Waals surface area contributed by atoms with Gasteiger partial charge in [0.2, 0.25) is 41.4 Å². The molecule has 0 aromatic rings. The van der Waals surface area contributed by atoms with Crippen LogP contribution in [0.3, 0.4) is 0 Å². The first-order valence-corrected chi connectivity index (χ1v) is 19.2. The number of carboxylic acids is 2. The molecule has 0 aliphatic carbocycles. The molecule has 22 nitrogen and oxygen atoms in total. The van der Waals surface area contributed by atoms with E-state index in [2.05, 4.69) is 37.2 Å². The Morgan fingerprint density at radius 3 is 1.76 bits per heavy atom. The van der Waals surface area contributed by atoms with E-state index in [-0.39, 0.29) is 44.6 Å². The van der Waals surface area contributed by atoms with Crippen LogP contribution in [0.4, 0.5) is 0 Å². The second kappa shape index (κ2) is 28.5. The molecule has 1 unspecified atom stereocenters. The van der Waals surface area contributed by atoms with Crippen LogP contribution in [-0.4, -0.2) is 147 Å². The van der Waals surface area contributed by atoms with E-state index in [1.54, 1.807) is 0 Å². The van der Waals surface area contributed by atoms with Crippen molar-refractivity contribution >= 4 is 53.3 Å². The van der Waals surface area contributed by atoms with Gasteiger partial charge in [-0.15, -0.1) is 0 Å². The molecule has 0 aromatic heterocycles. The Kier molecular flexibility index (Phi) is 26.0. The number of carboxylic acid groups (broad SMARTS) is 2. The summed E-state index contributed by atoms with van der Waals surface area (Å²) >= 11 is 0. The van der Waals surface area contributed by atoms with Crippen LogP contribution >= 0.6 is 0 Å². The summed E-state index contributed by atoms with van der Waals surface area (Å²) in [6.45, 7) is 6.94. The van der Waals surface area contributed by atoms with E-state index in [4.69, 9.17) is 21.1 Å². The molecule has 0 saturated heterocycles. The number of unbranched alkanes of at least 4 members (excludes halogenated alkanes) is 1. The lowest BCUT2D eigenvalue weighted by Crippen LogP contribution is -2.55. The van der Waals surface area contributed by atoms with Crippen LogP contribution in [0.25, 0.3) is 0 Å². The minimum absolute atomic E-state index is 0.0137. The van der Waals surface area contributed by atoms with Gasteiger partial charge < -0.3 is 68.5 Å². The number of carbonyl (C=O) groups is 9. The largest absolute Gasteiger partial charge is 0.481 e. The molecule has 0 saturated carbocycles. The number of hydrogen-bond acceptors (Lipinski definition) is 13. The summed E-state index contributed by atoms with van der Waals surface area (Å²) in [4.78, 5) is 110. The third kappa shape index (κ3) is 24.6. The summed E-state index contributed by atoms with van der Waals surface area (Å²) < 4.78 is 0. The number of aliphatic carboxylic acids is 2. The highest BCUT2D eigenvalue weighted by molar-refractivity contribution is 5.95. The van der Waals surface area contributed by atoms with E-state index in [1.165, 1.54) is 6.92 Å². The van der Waals surface area contributed by atoms with Gasteiger partial charge in [0.1, 0.15) is 30.7 Å². The highest BCUT2D eigenvalue weighted by Crippen LogP contribution is 2.13. The lowest BCUT2D eigenvalue weighted by molar-refractivity contribution is -0.141. The number of amides is 7. The molecule has 0 rings (SSSR count). The van der Waals surface area contributed by atoms with Gasteiger partial charge in [0.05, 0.1) is 50.7 Å². The Hall–Kier alpha value is -4.93. The summed E-state index contributed by atoms with van der Waals surface area (Å²) in [6, 6.07) is -6.20. The van der Waals surface area contributed by atoms with Crippen molar-refractivity contribution in [3.8, 4) is 0 Å². The van der Waals surface area contributed by atoms with Crippen LogP contribution in [-0.2, 0) is 43.2 Å². The van der Waals surface area contributed by atoms with Crippen LogP contribution in [0, 0.1) is 11.8 Å². The van der Waals surface area contributed by atoms with Gasteiger partial charge in [-0.1, -0.05) is 27.7 Å². The summed E-state index contributed by atoms with van der Waals surface area (Å²) in [5.41, 5.74) is 5.38. The van der Waals surface area contributed by atoms with Crippen LogP contribution in [0.15, 0.2) is 0 Å². The van der Waals surface area contributed by atoms with Gasteiger partial charge in [0.15, 0.2) is 0 Å². The van der Waals surface area contributed by atoms with Crippen LogP contribution < -0.4 is 43.0 Å². The molecule has 0 radical (unpaired) electrons. The molecule has 14 N–H and O–H groups in total. The molecule has 22 heteroatoms. The summed E-state index contributed by atoms with van der Waals surface area (Å²) in [5, 5.41) is 64.6. The zero-order valence-corrected chi connectivity index (χ0v) is 33.9. The molecular formula is C36H64N8O14. The van der Waals surface area contributed by atoms with Crippen molar-refractivity contribution in [1.82, 2.24) is 37.2 Å². The fraction of sp³-hybridized carbons (Fsp3) is 0.750. The number of nitrogens with one attached hydrogen (secondary N) is 7. The van der Waals surface area contributed by atoms with Crippen molar-refractivity contribution < 1.29 is 68.7 Å². The molecule has 0 spiro atoms. The molecule has 0 bridgehead atoms. The maximum atomic E-state index is 12.9. The first-order valence-electron chi connectivity index (χ1n) is 19.2. The predicted octanol–water partition coefficient (Wildman–Crippen LogP) is -3.67. The summed E-state index contributed by atoms with van der Waals surface area (Å²) in [6.07, 6.45) is -1.64. The van der Waals surface area contributed by atoms with Crippen molar-refractivity contribution in [1.29, 1.82) is 0 Å². The van der Waals surface area contributed by atoms with E-state index >= 15 is 0 Å². The topological polar surface area (TPSA) is 365 Å². The summed E-state index contributed by atoms with van der Waals surface area (Å²) in [5.74, 6) is -7.98. The van der Waals surface area contributed by atoms with Crippen molar-refractivity contribution in [2.75, 3.05) is 26.2 Å². The number of hydrogen-bond donors (Lipinski definition) is 13. The molecular weight excluding hydrogens is 768 g/mol. The maximum Gasteiger partial charge on any atom is 0.322 e. The Balaban J connectivity index is 5.18. The van der Waals surface area contributed by atoms with Crippen LogP contribution in [0.2, 0.25) is 0 Å². The van der Waals surface area contributed by atoms with Crippen molar-refractivity contribution in [2.24, 2.45) is 17.6 Å². The van der Waals surface area contributed by atoms with E-state index < -0.39 is 122 Å². The second-order valence-electron chi connectivity index (χ2n) is 14.9. The smallest absolute Gasteiger partial charge is 0.322 e. The molecule has 0 aliphatic heterocycles. The van der Waals surface area contributed by atoms with Gasteiger partial charge in [0, 0.05) is 6.54 Å². The SMILES string of the molecule is CC(C)CC[C@H](O)CC(=O)N[C@H](C)C(=O)N[C@H](CC(C)C)[C@H](O)CC(=O)NCCCCC(NC(=O)CNC(=O)[C@H](CC(=O)O)NC(=O)[C@@H](N)CO)C(=O)NCC(=O)O. The van der Waals surface area contributed by atoms with Crippen molar-refractivity contribution in [3.05, 3.63) is 0 Å². The van der Waals surface area contributed by atoms with Gasteiger partial charge >= 0.3 is 11.9 Å². The number of carbonyl (C=O) groups excluding carboxylic acids is 7. The maximum absolute atomic E-state index is 12.9. The Labute approximate surface area is 337 Å². The van der Waals surface area contributed by atoms with E-state index in [9.17, 15) is 53.4 Å². The van der Waals surface area contributed by atoms with E-state index in [0.29, 0.717) is 18.8 Å². The molecule has 7 amide bonds. The molecule has 0 heterocycles. The monoisotopic (exact) mass is 832 g/mol. The Morgan fingerprint density at radius 2 is 1.19 bits per heavy atom. The number of rotatable bonds is 30. The molecule has 0 aliphatic rings. The number of aliphatic hydroxyl groups excluding tert-OH is 3. The first kappa shape index (κ1) is 53.1. The first-order chi connectivity index (χ1) is 27.0. The highest BCUT2D eigenvalue weighted by Gasteiger charge is 2.29. The molecule has 7 atom stereocenters. The zero-order valence-electron chi connectivity index (χ0n) is 33.9. The normalized spacial score (nSPS) is 14.7. The molecule has 332 valence electrons. The predicted molar refractivity (Wildman–Crippen MR) is 206 cm³/mol. The van der Waals surface area contributed by atoms with Crippen LogP contribution in [0.1, 0.15) is 92.4 Å². The van der Waals surface area contributed by atoms with Gasteiger partial charge in [-0.3, -0.25) is 43.2 Å². The molecule has 0 fully saturated rings. The van der Waals surface area contributed by atoms with Gasteiger partial charge in [-0.2, -0.15) is 0 Å². The standard InChI is InChI=1S/C36H64N8O14/c1-19(2)9-10-22(46)13-29(49)41-21(5)33(55)43-25(12-20(3)4)27(47)15-28(48)38-11-7-6-8-24(35(57)40-17-32(53)54)42-30(50)16-39-36(58)26(14-31(51)52)44-34(56)23(37)18-45/h19-27,45-47H,6-18,37H2,1-5H3,(H,38,48)(H,39,58)(H,40,57)(H,41,49)(H,42,50)(H,43,55)(H,44,56)(H,51,52)(H,53,54)/t21-,22+,23+,24?,25-,26+,27-/m1/s1. The second-order valence-corrected chi connectivity index (χ2v) is 14.9. The minimum Gasteiger partial charge on any atom is -0.481 e. The zero-order chi connectivity index (χ0) is 44.5. The summed E-state index contributed by atoms with van der Waals surface area (Å²) in [7, 11) is 0. The highest BCUT2D eigenvalue weighted by atomic mass is 16.4. The lowest BCUT2D eigenvalue weighted by Gasteiger charge is -2.27. The third-order valence-electron chi connectivity index (χ3n) is 8.46. The van der Waals surface area contributed by atoms with Crippen LogP contribution in [0.5, 0.6) is 0 Å².